The van der Waals surface area contributed by atoms with Gasteiger partial charge in [-0.15, -0.1) is 0 Å². The van der Waals surface area contributed by atoms with Gasteiger partial charge >= 0.3 is 6.18 Å². The third kappa shape index (κ3) is 4.49. The second-order valence-corrected chi connectivity index (χ2v) is 6.91. The molecule has 0 aromatic heterocycles. The molecular formula is C12H16ClF3N2O2S. The zero-order valence-electron chi connectivity index (χ0n) is 11.5. The summed E-state index contributed by atoms with van der Waals surface area (Å²) in [6.07, 6.45) is -4.39. The Labute approximate surface area is 126 Å². The van der Waals surface area contributed by atoms with Crippen LogP contribution < -0.4 is 5.73 Å². The lowest BCUT2D eigenvalue weighted by molar-refractivity contribution is -0.136. The Morgan fingerprint density at radius 2 is 1.90 bits per heavy atom. The van der Waals surface area contributed by atoms with Crippen molar-refractivity contribution in [2.75, 3.05) is 18.8 Å². The first-order valence-corrected chi connectivity index (χ1v) is 7.93. The number of nitrogen functional groups attached to an aromatic ring is 1. The topological polar surface area (TPSA) is 63.4 Å². The molecule has 2 N–H and O–H groups in total. The molecule has 120 valence electrons. The van der Waals surface area contributed by atoms with Gasteiger partial charge < -0.3 is 5.73 Å². The van der Waals surface area contributed by atoms with Gasteiger partial charge in [-0.3, -0.25) is 0 Å². The van der Waals surface area contributed by atoms with E-state index < -0.39 is 27.6 Å². The molecule has 0 unspecified atom stereocenters. The van der Waals surface area contributed by atoms with Gasteiger partial charge in [0.15, 0.2) is 0 Å². The van der Waals surface area contributed by atoms with Gasteiger partial charge in [0.1, 0.15) is 11.4 Å². The number of alkyl halides is 3. The van der Waals surface area contributed by atoms with Gasteiger partial charge in [0, 0.05) is 12.2 Å². The first-order chi connectivity index (χ1) is 9.49. The Morgan fingerprint density at radius 3 is 2.38 bits per heavy atom. The molecule has 21 heavy (non-hydrogen) atoms. The quantitative estimate of drug-likeness (QED) is 0.834. The highest BCUT2D eigenvalue weighted by molar-refractivity contribution is 7.89. The Balaban J connectivity index is 3.32. The third-order valence-corrected chi connectivity index (χ3v) is 5.08. The summed E-state index contributed by atoms with van der Waals surface area (Å²) in [5, 5.41) is -0.148. The van der Waals surface area contributed by atoms with Crippen molar-refractivity contribution in [2.24, 2.45) is 0 Å². The fourth-order valence-corrected chi connectivity index (χ4v) is 3.85. The second-order valence-electron chi connectivity index (χ2n) is 4.59. The minimum absolute atomic E-state index is 0.148. The van der Waals surface area contributed by atoms with Gasteiger partial charge in [-0.05, 0) is 31.0 Å². The van der Waals surface area contributed by atoms with Crippen LogP contribution in [0.25, 0.3) is 0 Å². The van der Waals surface area contributed by atoms with Crippen LogP contribution in [0.1, 0.15) is 18.9 Å². The molecule has 0 amide bonds. The van der Waals surface area contributed by atoms with Crippen molar-refractivity contribution in [1.29, 1.82) is 0 Å². The number of anilines is 1. The van der Waals surface area contributed by atoms with Crippen molar-refractivity contribution in [2.45, 2.75) is 31.3 Å². The molecule has 0 aliphatic rings. The number of halogens is 4. The van der Waals surface area contributed by atoms with Crippen molar-refractivity contribution in [3.63, 3.8) is 0 Å². The standard InChI is InChI=1S/C12H16ClF3N2O2S/c1-3-4-18(7-12(14,15)16)21(19,20)11-6-10(17)8(2)5-9(11)13/h5-6H,3-4,7,17H2,1-2H3. The molecular weight excluding hydrogens is 329 g/mol. The molecule has 9 heteroatoms. The Bertz CT molecular complexity index is 618. The smallest absolute Gasteiger partial charge is 0.398 e. The van der Waals surface area contributed by atoms with Crippen LogP contribution in [0.15, 0.2) is 17.0 Å². The summed E-state index contributed by atoms with van der Waals surface area (Å²) < 4.78 is 62.8. The van der Waals surface area contributed by atoms with E-state index in [0.29, 0.717) is 9.87 Å². The zero-order chi connectivity index (χ0) is 16.4. The number of nitrogens with two attached hydrogens (primary N) is 1. The molecule has 0 saturated carbocycles. The molecule has 1 aromatic rings. The zero-order valence-corrected chi connectivity index (χ0v) is 13.1. The molecule has 0 aliphatic heterocycles. The number of hydrogen-bond acceptors (Lipinski definition) is 3. The fraction of sp³-hybridized carbons (Fsp3) is 0.500. The molecule has 0 spiro atoms. The first kappa shape index (κ1) is 18.1. The lowest BCUT2D eigenvalue weighted by atomic mass is 10.2. The molecule has 0 aliphatic carbocycles. The second kappa shape index (κ2) is 6.41. The molecule has 0 atom stereocenters. The number of rotatable bonds is 5. The van der Waals surface area contributed by atoms with E-state index in [1.165, 1.54) is 6.07 Å². The molecule has 0 radical (unpaired) electrons. The number of nitrogens with zero attached hydrogens (tertiary/aromatic N) is 1. The summed E-state index contributed by atoms with van der Waals surface area (Å²) in [6.45, 7) is 1.39. The average Bonchev–Trinajstić information content (AvgIpc) is 2.31. The third-order valence-electron chi connectivity index (χ3n) is 2.77. The van der Waals surface area contributed by atoms with Crippen molar-refractivity contribution in [1.82, 2.24) is 4.31 Å². The largest absolute Gasteiger partial charge is 0.402 e. The lowest BCUT2D eigenvalue weighted by Gasteiger charge is -2.23. The lowest BCUT2D eigenvalue weighted by Crippen LogP contribution is -2.39. The molecule has 1 aromatic carbocycles. The highest BCUT2D eigenvalue weighted by Gasteiger charge is 2.37. The fourth-order valence-electron chi connectivity index (χ4n) is 1.74. The van der Waals surface area contributed by atoms with E-state index in [9.17, 15) is 21.6 Å². The van der Waals surface area contributed by atoms with Crippen LogP contribution in [-0.2, 0) is 10.0 Å². The van der Waals surface area contributed by atoms with E-state index in [1.807, 2.05) is 0 Å². The summed E-state index contributed by atoms with van der Waals surface area (Å²) in [7, 11) is -4.36. The van der Waals surface area contributed by atoms with Crippen molar-refractivity contribution in [3.05, 3.63) is 22.7 Å². The van der Waals surface area contributed by atoms with Gasteiger partial charge in [-0.2, -0.15) is 17.5 Å². The van der Waals surface area contributed by atoms with Crippen molar-refractivity contribution < 1.29 is 21.6 Å². The minimum atomic E-state index is -4.63. The van der Waals surface area contributed by atoms with Gasteiger partial charge in [-0.25, -0.2) is 8.42 Å². The van der Waals surface area contributed by atoms with Gasteiger partial charge in [0.25, 0.3) is 0 Å². The van der Waals surface area contributed by atoms with E-state index in [0.717, 1.165) is 6.07 Å². The predicted octanol–water partition coefficient (Wildman–Crippen LogP) is 3.19. The highest BCUT2D eigenvalue weighted by atomic mass is 35.5. The van der Waals surface area contributed by atoms with Crippen LogP contribution in [-0.4, -0.2) is 32.0 Å². The van der Waals surface area contributed by atoms with E-state index in [1.54, 1.807) is 13.8 Å². The van der Waals surface area contributed by atoms with Crippen LogP contribution in [0, 0.1) is 6.92 Å². The molecule has 1 rings (SSSR count). The summed E-state index contributed by atoms with van der Waals surface area (Å²) >= 11 is 5.86. The Kier molecular flexibility index (Phi) is 5.51. The normalized spacial score (nSPS) is 12.9. The maximum Gasteiger partial charge on any atom is 0.402 e. The molecule has 0 heterocycles. The van der Waals surface area contributed by atoms with Crippen LogP contribution >= 0.6 is 11.6 Å². The predicted molar refractivity (Wildman–Crippen MR) is 75.7 cm³/mol. The van der Waals surface area contributed by atoms with E-state index in [2.05, 4.69) is 0 Å². The number of sulfonamides is 1. The van der Waals surface area contributed by atoms with Crippen LogP contribution in [0.5, 0.6) is 0 Å². The molecule has 4 nitrogen and oxygen atoms in total. The average molecular weight is 345 g/mol. The van der Waals surface area contributed by atoms with Gasteiger partial charge in [0.2, 0.25) is 10.0 Å². The van der Waals surface area contributed by atoms with Gasteiger partial charge in [-0.1, -0.05) is 18.5 Å². The Morgan fingerprint density at radius 1 is 1.33 bits per heavy atom. The first-order valence-electron chi connectivity index (χ1n) is 6.11. The van der Waals surface area contributed by atoms with Crippen molar-refractivity contribution >= 4 is 27.3 Å². The summed E-state index contributed by atoms with van der Waals surface area (Å²) in [4.78, 5) is -0.412. The van der Waals surface area contributed by atoms with E-state index >= 15 is 0 Å². The van der Waals surface area contributed by atoms with Crippen LogP contribution in [0.3, 0.4) is 0 Å². The Hall–Kier alpha value is -0.990. The number of hydrogen-bond donors (Lipinski definition) is 1. The highest BCUT2D eigenvalue weighted by Crippen LogP contribution is 2.30. The minimum Gasteiger partial charge on any atom is -0.398 e. The summed E-state index contributed by atoms with van der Waals surface area (Å²) in [5.41, 5.74) is 6.33. The van der Waals surface area contributed by atoms with E-state index in [-0.39, 0.29) is 23.7 Å². The van der Waals surface area contributed by atoms with E-state index in [4.69, 9.17) is 17.3 Å². The molecule has 0 fully saturated rings. The van der Waals surface area contributed by atoms with Gasteiger partial charge in [0.05, 0.1) is 5.02 Å². The molecule has 0 bridgehead atoms. The van der Waals surface area contributed by atoms with Crippen LogP contribution in [0.2, 0.25) is 5.02 Å². The molecule has 0 saturated heterocycles. The number of aryl methyl sites for hydroxylation is 1. The van der Waals surface area contributed by atoms with Crippen molar-refractivity contribution in [3.8, 4) is 0 Å². The maximum absolute atomic E-state index is 12.6. The summed E-state index contributed by atoms with van der Waals surface area (Å²) in [5.74, 6) is 0. The maximum atomic E-state index is 12.6. The van der Waals surface area contributed by atoms with Crippen LogP contribution in [0.4, 0.5) is 18.9 Å². The SMILES string of the molecule is CCCN(CC(F)(F)F)S(=O)(=O)c1cc(N)c(C)cc1Cl. The monoisotopic (exact) mass is 344 g/mol. The summed E-state index contributed by atoms with van der Waals surface area (Å²) in [6, 6.07) is 2.41. The number of benzene rings is 1.